The largest absolute Gasteiger partial charge is 0.416 e. The van der Waals surface area contributed by atoms with Crippen LogP contribution in [0.3, 0.4) is 0 Å². The summed E-state index contributed by atoms with van der Waals surface area (Å²) in [6.07, 6.45) is -0.965. The molecule has 0 bridgehead atoms. The van der Waals surface area contributed by atoms with E-state index >= 15 is 0 Å². The molecule has 2 aliphatic rings. The van der Waals surface area contributed by atoms with E-state index in [-0.39, 0.29) is 5.41 Å². The molecule has 172 valence electrons. The Bertz CT molecular complexity index is 1270. The number of benzene rings is 2. The number of aromatic nitrogens is 2. The summed E-state index contributed by atoms with van der Waals surface area (Å²) in [5.74, 6) is 0.467. The van der Waals surface area contributed by atoms with Gasteiger partial charge in [0.05, 0.1) is 11.1 Å². The molecular formula is C25H24F3N3O2. The van der Waals surface area contributed by atoms with E-state index < -0.39 is 23.0 Å². The maximum Gasteiger partial charge on any atom is 0.416 e. The molecule has 0 amide bonds. The van der Waals surface area contributed by atoms with E-state index in [0.29, 0.717) is 18.0 Å². The molecule has 2 fully saturated rings. The van der Waals surface area contributed by atoms with E-state index in [2.05, 4.69) is 9.88 Å². The Hall–Kier alpha value is -3.13. The van der Waals surface area contributed by atoms with Crippen molar-refractivity contribution in [3.05, 3.63) is 92.8 Å². The van der Waals surface area contributed by atoms with Gasteiger partial charge in [-0.05, 0) is 48.6 Å². The molecule has 0 radical (unpaired) electrons. The number of likely N-dealkylation sites (tertiary alicyclic amines) is 1. The first kappa shape index (κ1) is 21.7. The Morgan fingerprint density at radius 2 is 1.73 bits per heavy atom. The highest BCUT2D eigenvalue weighted by Gasteiger charge is 2.60. The Kier molecular flexibility index (Phi) is 5.28. The molecule has 2 atom stereocenters. The average molecular weight is 455 g/mol. The summed E-state index contributed by atoms with van der Waals surface area (Å²) in [4.78, 5) is 29.2. The highest BCUT2D eigenvalue weighted by molar-refractivity contribution is 5.60. The van der Waals surface area contributed by atoms with Gasteiger partial charge in [0.1, 0.15) is 0 Å². The predicted octanol–water partition coefficient (Wildman–Crippen LogP) is 3.89. The summed E-state index contributed by atoms with van der Waals surface area (Å²) in [6, 6.07) is 14.8. The number of hydrogen-bond donors (Lipinski definition) is 1. The second-order valence-electron chi connectivity index (χ2n) is 9.08. The number of fused-ring (bicyclic) bond motifs is 1. The third-order valence-electron chi connectivity index (χ3n) is 6.97. The van der Waals surface area contributed by atoms with Crippen molar-refractivity contribution in [1.82, 2.24) is 14.5 Å². The average Bonchev–Trinajstić information content (AvgIpc) is 3.36. The fraction of sp³-hybridized carbons (Fsp3) is 0.360. The molecule has 1 saturated heterocycles. The first-order valence-electron chi connectivity index (χ1n) is 11.1. The van der Waals surface area contributed by atoms with E-state index in [1.807, 2.05) is 30.3 Å². The fourth-order valence-electron chi connectivity index (χ4n) is 5.16. The molecule has 5 nitrogen and oxygen atoms in total. The molecule has 1 saturated carbocycles. The normalized spacial score (nSPS) is 22.3. The van der Waals surface area contributed by atoms with Crippen LogP contribution in [0.1, 0.15) is 24.0 Å². The van der Waals surface area contributed by atoms with Crippen LogP contribution in [0.2, 0.25) is 0 Å². The van der Waals surface area contributed by atoms with Crippen LogP contribution in [0.4, 0.5) is 13.2 Å². The number of alkyl halides is 3. The quantitative estimate of drug-likeness (QED) is 0.614. The first-order valence-corrected chi connectivity index (χ1v) is 11.1. The SMILES string of the molecule is O=c1[nH]c(=O)n(CCCN2C[C@@H]3C[C@@]3(c3ccc(C(F)(F)F)cc3)C2)cc1-c1ccccc1. The van der Waals surface area contributed by atoms with Crippen molar-refractivity contribution < 1.29 is 13.2 Å². The van der Waals surface area contributed by atoms with E-state index in [1.54, 1.807) is 18.3 Å². The van der Waals surface area contributed by atoms with Crippen LogP contribution in [0, 0.1) is 5.92 Å². The molecule has 1 aliphatic carbocycles. The van der Waals surface area contributed by atoms with E-state index in [0.717, 1.165) is 43.6 Å². The summed E-state index contributed by atoms with van der Waals surface area (Å²) < 4.78 is 40.1. The molecule has 0 unspecified atom stereocenters. The molecule has 2 heterocycles. The number of H-pyrrole nitrogens is 1. The number of rotatable bonds is 6. The van der Waals surface area contributed by atoms with Gasteiger partial charge in [0.2, 0.25) is 0 Å². The van der Waals surface area contributed by atoms with Gasteiger partial charge >= 0.3 is 11.9 Å². The maximum absolute atomic E-state index is 12.9. The zero-order valence-electron chi connectivity index (χ0n) is 17.9. The summed E-state index contributed by atoms with van der Waals surface area (Å²) in [7, 11) is 0. The standard InChI is InChI=1S/C25H24F3N3O2/c26-25(27,28)19-9-7-18(8-10-19)24-13-20(24)14-30(16-24)11-4-12-31-15-21(22(32)29-23(31)33)17-5-2-1-3-6-17/h1-3,5-10,15,20H,4,11-14,16H2,(H,29,32,33)/t20-,24-/m0/s1. The third kappa shape index (κ3) is 4.15. The van der Waals surface area contributed by atoms with Crippen molar-refractivity contribution in [2.75, 3.05) is 19.6 Å². The minimum Gasteiger partial charge on any atom is -0.302 e. The molecule has 5 rings (SSSR count). The Morgan fingerprint density at radius 3 is 2.42 bits per heavy atom. The van der Waals surface area contributed by atoms with Crippen LogP contribution in [-0.2, 0) is 18.1 Å². The highest BCUT2D eigenvalue weighted by Crippen LogP contribution is 2.59. The fourth-order valence-corrected chi connectivity index (χ4v) is 5.16. The smallest absolute Gasteiger partial charge is 0.302 e. The molecule has 8 heteroatoms. The van der Waals surface area contributed by atoms with Crippen molar-refractivity contribution in [1.29, 1.82) is 0 Å². The van der Waals surface area contributed by atoms with Gasteiger partial charge in [-0.15, -0.1) is 0 Å². The number of piperidine rings is 1. The van der Waals surface area contributed by atoms with Crippen LogP contribution in [0.25, 0.3) is 11.1 Å². The topological polar surface area (TPSA) is 58.1 Å². The molecular weight excluding hydrogens is 431 g/mol. The van der Waals surface area contributed by atoms with E-state index in [4.69, 9.17) is 0 Å². The lowest BCUT2D eigenvalue weighted by Gasteiger charge is -2.21. The lowest BCUT2D eigenvalue weighted by atomic mass is 9.94. The van der Waals surface area contributed by atoms with Crippen molar-refractivity contribution in [2.45, 2.75) is 31.0 Å². The van der Waals surface area contributed by atoms with E-state index in [9.17, 15) is 22.8 Å². The molecule has 0 spiro atoms. The Morgan fingerprint density at radius 1 is 1.00 bits per heavy atom. The minimum absolute atomic E-state index is 0.0422. The number of halogens is 3. The van der Waals surface area contributed by atoms with E-state index in [1.165, 1.54) is 16.7 Å². The summed E-state index contributed by atoms with van der Waals surface area (Å²) >= 11 is 0. The van der Waals surface area contributed by atoms with Gasteiger partial charge < -0.3 is 4.90 Å². The van der Waals surface area contributed by atoms with Crippen LogP contribution in [0.15, 0.2) is 70.4 Å². The minimum atomic E-state index is -4.32. The molecule has 33 heavy (non-hydrogen) atoms. The van der Waals surface area contributed by atoms with Crippen LogP contribution in [0.5, 0.6) is 0 Å². The van der Waals surface area contributed by atoms with Crippen molar-refractivity contribution in [3.63, 3.8) is 0 Å². The van der Waals surface area contributed by atoms with Crippen molar-refractivity contribution in [2.24, 2.45) is 5.92 Å². The molecule has 3 aromatic rings. The number of nitrogens with one attached hydrogen (secondary N) is 1. The number of aryl methyl sites for hydroxylation is 1. The number of aromatic amines is 1. The van der Waals surface area contributed by atoms with Gasteiger partial charge in [0, 0.05) is 31.2 Å². The lowest BCUT2D eigenvalue weighted by molar-refractivity contribution is -0.137. The molecule has 1 aromatic heterocycles. The molecule has 1 N–H and O–H groups in total. The third-order valence-corrected chi connectivity index (χ3v) is 6.97. The van der Waals surface area contributed by atoms with Crippen molar-refractivity contribution in [3.8, 4) is 11.1 Å². The van der Waals surface area contributed by atoms with Crippen molar-refractivity contribution >= 4 is 0 Å². The Labute approximate surface area is 188 Å². The lowest BCUT2D eigenvalue weighted by Crippen LogP contribution is -2.32. The van der Waals surface area contributed by atoms with Crippen LogP contribution in [-0.4, -0.2) is 34.1 Å². The van der Waals surface area contributed by atoms with Gasteiger partial charge in [-0.3, -0.25) is 14.3 Å². The highest BCUT2D eigenvalue weighted by atomic mass is 19.4. The first-order chi connectivity index (χ1) is 15.8. The molecule has 1 aliphatic heterocycles. The van der Waals surface area contributed by atoms with Crippen LogP contribution >= 0.6 is 0 Å². The Balaban J connectivity index is 1.22. The van der Waals surface area contributed by atoms with Gasteiger partial charge in [0.25, 0.3) is 5.56 Å². The van der Waals surface area contributed by atoms with Gasteiger partial charge in [-0.25, -0.2) is 4.79 Å². The van der Waals surface area contributed by atoms with Gasteiger partial charge in [-0.1, -0.05) is 42.5 Å². The summed E-state index contributed by atoms with van der Waals surface area (Å²) in [6.45, 7) is 2.99. The monoisotopic (exact) mass is 455 g/mol. The molecule has 2 aromatic carbocycles. The zero-order chi connectivity index (χ0) is 23.2. The van der Waals surface area contributed by atoms with Gasteiger partial charge in [0.15, 0.2) is 0 Å². The number of hydrogen-bond acceptors (Lipinski definition) is 3. The second-order valence-corrected chi connectivity index (χ2v) is 9.08. The summed E-state index contributed by atoms with van der Waals surface area (Å²) in [5, 5.41) is 0. The number of nitrogens with zero attached hydrogens (tertiary/aromatic N) is 2. The maximum atomic E-state index is 12.9. The zero-order valence-corrected chi connectivity index (χ0v) is 17.9. The second kappa shape index (κ2) is 8.02. The predicted molar refractivity (Wildman–Crippen MR) is 119 cm³/mol. The summed E-state index contributed by atoms with van der Waals surface area (Å²) in [5.41, 5.74) is 0.706. The van der Waals surface area contributed by atoms with Crippen LogP contribution < -0.4 is 11.2 Å². The van der Waals surface area contributed by atoms with Gasteiger partial charge in [-0.2, -0.15) is 13.2 Å².